The molecule has 0 saturated carbocycles. The number of nitrogens with one attached hydrogen (secondary N) is 1. The van der Waals surface area contributed by atoms with Crippen LogP contribution in [0.5, 0.6) is 0 Å². The minimum absolute atomic E-state index is 0.0901. The van der Waals surface area contributed by atoms with Crippen LogP contribution in [0.3, 0.4) is 0 Å². The van der Waals surface area contributed by atoms with Crippen molar-refractivity contribution < 1.29 is 35.6 Å². The number of hydrogen-bond acceptors (Lipinski definition) is 3. The maximum atomic E-state index is 13.5. The largest absolute Gasteiger partial charge is 0.465 e. The topological polar surface area (TPSA) is 60.1 Å². The Bertz CT molecular complexity index is 1130. The first-order valence-electron chi connectivity index (χ1n) is 9.23. The number of hydrogen-bond donors (Lipinski definition) is 1. The zero-order chi connectivity index (χ0) is 23.7. The van der Waals surface area contributed by atoms with E-state index >= 15 is 0 Å². The van der Waals surface area contributed by atoms with Crippen LogP contribution in [0, 0.1) is 6.92 Å². The highest BCUT2D eigenvalue weighted by molar-refractivity contribution is 6.02. The second-order valence-electron chi connectivity index (χ2n) is 6.90. The van der Waals surface area contributed by atoms with Crippen molar-refractivity contribution >= 4 is 17.7 Å². The molecule has 0 radical (unpaired) electrons. The molecule has 5 nitrogen and oxygen atoms in total. The summed E-state index contributed by atoms with van der Waals surface area (Å²) in [7, 11) is 0. The molecule has 1 atom stereocenters. The van der Waals surface area contributed by atoms with E-state index in [9.17, 15) is 31.1 Å². The number of furan rings is 1. The molecule has 0 bridgehead atoms. The molecule has 1 aromatic carbocycles. The van der Waals surface area contributed by atoms with Crippen LogP contribution in [-0.4, -0.2) is 15.7 Å². The van der Waals surface area contributed by atoms with Gasteiger partial charge in [-0.2, -0.15) is 31.4 Å². The van der Waals surface area contributed by atoms with E-state index in [1.807, 2.05) is 0 Å². The highest BCUT2D eigenvalue weighted by Gasteiger charge is 2.39. The number of carbonyl (C=O) groups excluding carboxylic acids is 1. The van der Waals surface area contributed by atoms with Gasteiger partial charge < -0.3 is 9.73 Å². The van der Waals surface area contributed by atoms with Crippen LogP contribution in [0.2, 0.25) is 0 Å². The van der Waals surface area contributed by atoms with Crippen molar-refractivity contribution in [2.45, 2.75) is 32.2 Å². The van der Waals surface area contributed by atoms with Gasteiger partial charge in [0.25, 0.3) is 0 Å². The average molecular weight is 457 g/mol. The molecule has 2 heterocycles. The summed E-state index contributed by atoms with van der Waals surface area (Å²) < 4.78 is 85.5. The summed E-state index contributed by atoms with van der Waals surface area (Å²) in [6.07, 6.45) is -4.60. The number of halogens is 6. The molecule has 0 aliphatic carbocycles. The molecule has 3 rings (SSSR count). The van der Waals surface area contributed by atoms with E-state index in [4.69, 9.17) is 4.42 Å². The smallest absolute Gasteiger partial charge is 0.416 e. The average Bonchev–Trinajstić information content (AvgIpc) is 3.34. The highest BCUT2D eigenvalue weighted by Crippen LogP contribution is 2.40. The fourth-order valence-corrected chi connectivity index (χ4v) is 3.13. The normalized spacial score (nSPS) is 13.5. The van der Waals surface area contributed by atoms with E-state index in [1.165, 1.54) is 43.1 Å². The number of alkyl halides is 6. The highest BCUT2D eigenvalue weighted by atomic mass is 19.4. The fourth-order valence-electron chi connectivity index (χ4n) is 3.13. The molecule has 3 aromatic rings. The molecule has 1 N–H and O–H groups in total. The number of amides is 1. The Hall–Kier alpha value is -3.50. The minimum atomic E-state index is -5.00. The number of benzene rings is 1. The van der Waals surface area contributed by atoms with Crippen molar-refractivity contribution in [1.82, 2.24) is 9.78 Å². The third-order valence-electron chi connectivity index (χ3n) is 4.75. The summed E-state index contributed by atoms with van der Waals surface area (Å²) in [6.45, 7) is 2.90. The van der Waals surface area contributed by atoms with Crippen molar-refractivity contribution in [3.63, 3.8) is 0 Å². The van der Waals surface area contributed by atoms with Crippen LogP contribution in [0.25, 0.3) is 6.08 Å². The van der Waals surface area contributed by atoms with E-state index in [1.54, 1.807) is 12.1 Å². The third kappa shape index (κ3) is 5.04. The lowest BCUT2D eigenvalue weighted by Crippen LogP contribution is -2.19. The van der Waals surface area contributed by atoms with Crippen LogP contribution < -0.4 is 5.32 Å². The molecule has 1 unspecified atom stereocenters. The van der Waals surface area contributed by atoms with Crippen molar-refractivity contribution in [3.8, 4) is 0 Å². The Balaban J connectivity index is 1.88. The lowest BCUT2D eigenvalue weighted by Gasteiger charge is -2.21. The zero-order valence-corrected chi connectivity index (χ0v) is 16.8. The lowest BCUT2D eigenvalue weighted by atomic mass is 9.98. The molecule has 0 spiro atoms. The first-order chi connectivity index (χ1) is 14.9. The van der Waals surface area contributed by atoms with Gasteiger partial charge in [-0.1, -0.05) is 6.07 Å². The molecule has 170 valence electrons. The Labute approximate surface area is 178 Å². The zero-order valence-electron chi connectivity index (χ0n) is 16.8. The van der Waals surface area contributed by atoms with Gasteiger partial charge >= 0.3 is 12.4 Å². The van der Waals surface area contributed by atoms with E-state index in [2.05, 4.69) is 10.4 Å². The minimum Gasteiger partial charge on any atom is -0.465 e. The molecule has 0 aliphatic heterocycles. The van der Waals surface area contributed by atoms with Gasteiger partial charge in [-0.15, -0.1) is 0 Å². The summed E-state index contributed by atoms with van der Waals surface area (Å²) in [4.78, 5) is 12.1. The van der Waals surface area contributed by atoms with Crippen LogP contribution >= 0.6 is 0 Å². The van der Waals surface area contributed by atoms with Crippen molar-refractivity contribution in [2.24, 2.45) is 0 Å². The second-order valence-corrected chi connectivity index (χ2v) is 6.90. The quantitative estimate of drug-likeness (QED) is 0.373. The van der Waals surface area contributed by atoms with Crippen molar-refractivity contribution in [3.05, 3.63) is 77.0 Å². The van der Waals surface area contributed by atoms with Crippen LogP contribution in [0.4, 0.5) is 32.0 Å². The van der Waals surface area contributed by atoms with E-state index in [0.717, 1.165) is 6.07 Å². The van der Waals surface area contributed by atoms with Gasteiger partial charge in [0, 0.05) is 6.08 Å². The summed E-state index contributed by atoms with van der Waals surface area (Å²) in [5, 5.41) is 6.57. The van der Waals surface area contributed by atoms with Gasteiger partial charge in [0.1, 0.15) is 5.76 Å². The summed E-state index contributed by atoms with van der Waals surface area (Å²) in [5.74, 6) is -0.0783. The second kappa shape index (κ2) is 8.56. The van der Waals surface area contributed by atoms with Gasteiger partial charge in [-0.25, -0.2) is 0 Å². The van der Waals surface area contributed by atoms with Gasteiger partial charge in [-0.3, -0.25) is 9.48 Å². The van der Waals surface area contributed by atoms with Gasteiger partial charge in [-0.05, 0) is 49.8 Å². The van der Waals surface area contributed by atoms with Crippen LogP contribution in [0.15, 0.2) is 53.3 Å². The number of anilines is 1. The number of aromatic nitrogens is 2. The first kappa shape index (κ1) is 23.2. The summed E-state index contributed by atoms with van der Waals surface area (Å²) in [5.41, 5.74) is -2.61. The number of rotatable bonds is 5. The maximum absolute atomic E-state index is 13.5. The molecule has 0 saturated heterocycles. The number of nitrogens with zero attached hydrogens (tertiary/aromatic N) is 2. The van der Waals surface area contributed by atoms with Gasteiger partial charge in [0.05, 0.1) is 41.0 Å². The van der Waals surface area contributed by atoms with Crippen LogP contribution in [-0.2, 0) is 17.1 Å². The van der Waals surface area contributed by atoms with Gasteiger partial charge in [0.2, 0.25) is 5.91 Å². The first-order valence-corrected chi connectivity index (χ1v) is 9.23. The summed E-state index contributed by atoms with van der Waals surface area (Å²) in [6, 6.07) is 3.70. The Morgan fingerprint density at radius 1 is 1.16 bits per heavy atom. The molecular formula is C21H17F6N3O2. The number of carbonyl (C=O) groups is 1. The Morgan fingerprint density at radius 2 is 1.88 bits per heavy atom. The molecule has 2 aromatic heterocycles. The van der Waals surface area contributed by atoms with E-state index in [-0.39, 0.29) is 17.3 Å². The fraction of sp³-hybridized carbons (Fsp3) is 0.238. The molecule has 32 heavy (non-hydrogen) atoms. The Kier molecular flexibility index (Phi) is 6.20. The molecule has 11 heteroatoms. The lowest BCUT2D eigenvalue weighted by molar-refractivity contribution is -0.143. The third-order valence-corrected chi connectivity index (χ3v) is 4.75. The summed E-state index contributed by atoms with van der Waals surface area (Å²) >= 11 is 0. The molecule has 0 aliphatic rings. The standard InChI is InChI=1S/C21H17F6N3O2/c1-12(16-7-5-14(20(22,23)24)10-17(16)21(25,26)27)30-13(2)18(11-28-30)29-19(31)8-6-15-4-3-9-32-15/h3-12H,1-2H3,(H,29,31). The van der Waals surface area contributed by atoms with E-state index < -0.39 is 35.4 Å². The van der Waals surface area contributed by atoms with Crippen LogP contribution in [0.1, 0.15) is 41.1 Å². The van der Waals surface area contributed by atoms with Crippen molar-refractivity contribution in [1.29, 1.82) is 0 Å². The SMILES string of the molecule is Cc1c(NC(=O)C=Cc2ccco2)cnn1C(C)c1ccc(C(F)(F)F)cc1C(F)(F)F. The maximum Gasteiger partial charge on any atom is 0.416 e. The molecule has 0 fully saturated rings. The van der Waals surface area contributed by atoms with E-state index in [0.29, 0.717) is 17.5 Å². The Morgan fingerprint density at radius 3 is 2.47 bits per heavy atom. The van der Waals surface area contributed by atoms with Gasteiger partial charge in [0.15, 0.2) is 0 Å². The molecular weight excluding hydrogens is 440 g/mol. The molecule has 1 amide bonds. The predicted molar refractivity (Wildman–Crippen MR) is 104 cm³/mol. The van der Waals surface area contributed by atoms with Crippen molar-refractivity contribution in [2.75, 3.05) is 5.32 Å². The monoisotopic (exact) mass is 457 g/mol. The predicted octanol–water partition coefficient (Wildman–Crippen LogP) is 6.08.